The summed E-state index contributed by atoms with van der Waals surface area (Å²) in [5.41, 5.74) is 1.16. The van der Waals surface area contributed by atoms with Crippen molar-refractivity contribution in [3.63, 3.8) is 0 Å². The van der Waals surface area contributed by atoms with Gasteiger partial charge in [0.1, 0.15) is 0 Å². The van der Waals surface area contributed by atoms with Crippen LogP contribution in [-0.4, -0.2) is 41.9 Å². The van der Waals surface area contributed by atoms with Crippen molar-refractivity contribution >= 4 is 17.7 Å². The van der Waals surface area contributed by atoms with Crippen LogP contribution in [0.3, 0.4) is 0 Å². The number of nitrogens with one attached hydrogen (secondary N) is 1. The molecule has 0 spiro atoms. The molecule has 0 bridgehead atoms. The monoisotopic (exact) mass is 320 g/mol. The number of nitrogens with zero attached hydrogens (tertiary/aromatic N) is 1. The number of amides is 1. The molecule has 3 rings (SSSR count). The van der Waals surface area contributed by atoms with Crippen molar-refractivity contribution < 1.29 is 9.21 Å². The Labute approximate surface area is 136 Å². The van der Waals surface area contributed by atoms with Crippen molar-refractivity contribution in [2.75, 3.05) is 31.1 Å². The van der Waals surface area contributed by atoms with Gasteiger partial charge in [-0.05, 0) is 25.3 Å². The van der Waals surface area contributed by atoms with Gasteiger partial charge in [-0.15, -0.1) is 0 Å². The van der Waals surface area contributed by atoms with Crippen molar-refractivity contribution in [3.8, 4) is 0 Å². The molecule has 0 saturated carbocycles. The van der Waals surface area contributed by atoms with Crippen LogP contribution in [0.4, 0.5) is 0 Å². The molecule has 4 nitrogen and oxygen atoms in total. The average Bonchev–Trinajstić information content (AvgIpc) is 3.11. The summed E-state index contributed by atoms with van der Waals surface area (Å²) in [5, 5.41) is 3.18. The average molecular weight is 320 g/mol. The molecule has 2 atom stereocenters. The van der Waals surface area contributed by atoms with Crippen LogP contribution in [0.2, 0.25) is 0 Å². The third kappa shape index (κ3) is 3.96. The first-order valence-electron chi connectivity index (χ1n) is 8.11. The Morgan fingerprint density at radius 1 is 1.41 bits per heavy atom. The molecule has 0 aromatic carbocycles. The molecule has 22 heavy (non-hydrogen) atoms. The van der Waals surface area contributed by atoms with Crippen LogP contribution in [0.5, 0.6) is 0 Å². The minimum Gasteiger partial charge on any atom is -0.472 e. The molecular weight excluding hydrogens is 296 g/mol. The maximum absolute atomic E-state index is 12.4. The van der Waals surface area contributed by atoms with Gasteiger partial charge in [0.05, 0.1) is 18.6 Å². The van der Waals surface area contributed by atoms with E-state index >= 15 is 0 Å². The van der Waals surface area contributed by atoms with Crippen LogP contribution in [0.15, 0.2) is 35.2 Å². The molecule has 1 amide bonds. The summed E-state index contributed by atoms with van der Waals surface area (Å²) in [6.07, 6.45) is 10.7. The fourth-order valence-electron chi connectivity index (χ4n) is 3.18. The van der Waals surface area contributed by atoms with E-state index in [-0.39, 0.29) is 17.9 Å². The van der Waals surface area contributed by atoms with Crippen molar-refractivity contribution in [2.24, 2.45) is 5.92 Å². The van der Waals surface area contributed by atoms with Crippen LogP contribution in [0.1, 0.15) is 30.9 Å². The zero-order chi connectivity index (χ0) is 15.2. The summed E-state index contributed by atoms with van der Waals surface area (Å²) in [6.45, 7) is 2.81. The zero-order valence-electron chi connectivity index (χ0n) is 12.9. The topological polar surface area (TPSA) is 45.5 Å². The lowest BCUT2D eigenvalue weighted by atomic mass is 9.93. The Morgan fingerprint density at radius 3 is 2.95 bits per heavy atom. The lowest BCUT2D eigenvalue weighted by molar-refractivity contribution is -0.125. The number of carbonyl (C=O) groups is 1. The summed E-state index contributed by atoms with van der Waals surface area (Å²) in [4.78, 5) is 14.8. The SMILES string of the molecule is O=C(NC[C@@H](c1ccoc1)N1CCSCC1)[C@@H]1CC=CCC1. The molecule has 1 aliphatic carbocycles. The molecule has 5 heteroatoms. The molecule has 1 aromatic rings. The number of thioether (sulfide) groups is 1. The number of furan rings is 1. The quantitative estimate of drug-likeness (QED) is 0.848. The molecule has 1 saturated heterocycles. The van der Waals surface area contributed by atoms with Gasteiger partial charge in [-0.3, -0.25) is 9.69 Å². The van der Waals surface area contributed by atoms with Gasteiger partial charge in [-0.25, -0.2) is 0 Å². The molecule has 120 valence electrons. The van der Waals surface area contributed by atoms with Crippen molar-refractivity contribution in [3.05, 3.63) is 36.3 Å². The predicted molar refractivity (Wildman–Crippen MR) is 89.8 cm³/mol. The maximum atomic E-state index is 12.4. The van der Waals surface area contributed by atoms with E-state index in [2.05, 4.69) is 22.4 Å². The summed E-state index contributed by atoms with van der Waals surface area (Å²) >= 11 is 2.00. The number of hydrogen-bond acceptors (Lipinski definition) is 4. The second kappa shape index (κ2) is 7.88. The molecular formula is C17H24N2O2S. The minimum absolute atomic E-state index is 0.145. The largest absolute Gasteiger partial charge is 0.472 e. The molecule has 1 N–H and O–H groups in total. The maximum Gasteiger partial charge on any atom is 0.223 e. The minimum atomic E-state index is 0.145. The van der Waals surface area contributed by atoms with Crippen LogP contribution in [-0.2, 0) is 4.79 Å². The first-order chi connectivity index (χ1) is 10.8. The second-order valence-corrected chi connectivity index (χ2v) is 7.17. The smallest absolute Gasteiger partial charge is 0.223 e. The summed E-state index contributed by atoms with van der Waals surface area (Å²) in [5.74, 6) is 2.67. The normalized spacial score (nSPS) is 24.1. The van der Waals surface area contributed by atoms with Crippen LogP contribution >= 0.6 is 11.8 Å². The highest BCUT2D eigenvalue weighted by molar-refractivity contribution is 7.99. The Kier molecular flexibility index (Phi) is 5.62. The summed E-state index contributed by atoms with van der Waals surface area (Å²) in [7, 11) is 0. The van der Waals surface area contributed by atoms with E-state index in [0.29, 0.717) is 6.54 Å². The molecule has 0 unspecified atom stereocenters. The Balaban J connectivity index is 1.60. The van der Waals surface area contributed by atoms with Gasteiger partial charge in [0.25, 0.3) is 0 Å². The zero-order valence-corrected chi connectivity index (χ0v) is 13.7. The standard InChI is InChI=1S/C17H24N2O2S/c20-17(14-4-2-1-3-5-14)18-12-16(15-6-9-21-13-15)19-7-10-22-11-8-19/h1-2,6,9,13-14,16H,3-5,7-8,10-12H2,(H,18,20)/t14-,16+/m1/s1. The van der Waals surface area contributed by atoms with Gasteiger partial charge in [-0.2, -0.15) is 11.8 Å². The second-order valence-electron chi connectivity index (χ2n) is 5.95. The first kappa shape index (κ1) is 15.7. The van der Waals surface area contributed by atoms with Crippen LogP contribution < -0.4 is 5.32 Å². The highest BCUT2D eigenvalue weighted by Gasteiger charge is 2.25. The first-order valence-corrected chi connectivity index (χ1v) is 9.26. The molecule has 1 aromatic heterocycles. The van der Waals surface area contributed by atoms with Gasteiger partial charge in [-0.1, -0.05) is 12.2 Å². The predicted octanol–water partition coefficient (Wildman–Crippen LogP) is 2.84. The molecule has 2 aliphatic rings. The molecule has 1 aliphatic heterocycles. The van der Waals surface area contributed by atoms with Gasteiger partial charge >= 0.3 is 0 Å². The third-order valence-electron chi connectivity index (χ3n) is 4.52. The number of carbonyl (C=O) groups excluding carboxylic acids is 1. The molecule has 0 radical (unpaired) electrons. The molecule has 1 fully saturated rings. The van der Waals surface area contributed by atoms with E-state index < -0.39 is 0 Å². The summed E-state index contributed by atoms with van der Waals surface area (Å²) in [6, 6.07) is 2.24. The van der Waals surface area contributed by atoms with Crippen LogP contribution in [0.25, 0.3) is 0 Å². The van der Waals surface area contributed by atoms with E-state index in [1.54, 1.807) is 6.26 Å². The van der Waals surface area contributed by atoms with E-state index in [1.165, 1.54) is 0 Å². The van der Waals surface area contributed by atoms with Crippen molar-refractivity contribution in [1.29, 1.82) is 0 Å². The number of rotatable bonds is 5. The number of allylic oxidation sites excluding steroid dienone is 2. The van der Waals surface area contributed by atoms with Gasteiger partial charge in [0.15, 0.2) is 0 Å². The van der Waals surface area contributed by atoms with Gasteiger partial charge < -0.3 is 9.73 Å². The van der Waals surface area contributed by atoms with E-state index in [0.717, 1.165) is 49.4 Å². The Bertz CT molecular complexity index is 495. The van der Waals surface area contributed by atoms with E-state index in [9.17, 15) is 4.79 Å². The van der Waals surface area contributed by atoms with Crippen molar-refractivity contribution in [2.45, 2.75) is 25.3 Å². The van der Waals surface area contributed by atoms with E-state index in [4.69, 9.17) is 4.42 Å². The number of hydrogen-bond donors (Lipinski definition) is 1. The van der Waals surface area contributed by atoms with Crippen LogP contribution in [0, 0.1) is 5.92 Å². The lowest BCUT2D eigenvalue weighted by Crippen LogP contribution is -2.43. The highest BCUT2D eigenvalue weighted by Crippen LogP contribution is 2.25. The van der Waals surface area contributed by atoms with Crippen molar-refractivity contribution in [1.82, 2.24) is 10.2 Å². The summed E-state index contributed by atoms with van der Waals surface area (Å²) < 4.78 is 5.26. The van der Waals surface area contributed by atoms with E-state index in [1.807, 2.05) is 24.1 Å². The third-order valence-corrected chi connectivity index (χ3v) is 5.47. The fraction of sp³-hybridized carbons (Fsp3) is 0.588. The molecule has 2 heterocycles. The fourth-order valence-corrected chi connectivity index (χ4v) is 4.12. The van der Waals surface area contributed by atoms with Gasteiger partial charge in [0.2, 0.25) is 5.91 Å². The Hall–Kier alpha value is -1.20. The lowest BCUT2D eigenvalue weighted by Gasteiger charge is -2.34. The Morgan fingerprint density at radius 2 is 2.27 bits per heavy atom. The van der Waals surface area contributed by atoms with Gasteiger partial charge in [0, 0.05) is 42.6 Å². The highest BCUT2D eigenvalue weighted by atomic mass is 32.2.